The minimum absolute atomic E-state index is 0.286. The number of aromatic nitrogens is 5. The van der Waals surface area contributed by atoms with Crippen LogP contribution in [0.2, 0.25) is 0 Å². The van der Waals surface area contributed by atoms with Gasteiger partial charge >= 0.3 is 0 Å². The molecule has 244 valence electrons. The number of nitrogens with one attached hydrogen (secondary N) is 4. The standard InChI is InChI=1S/C39H43N9/c1-4-16-41-23-38(40)46-25(3)28-13-15-36-30(18-28)20-37(48(36)5-2)31-14-12-29(35-22-44-39(47-35)33-7-6-17-43-33)19-32(31)26-8-10-27(11-9-26)34-21-42-24-45-34/h8-15,18-22,24,33,41,43H,3-7,16-17,23H2,1-2H3,(H2,40,46)(H,42,45)(H,44,47). The van der Waals surface area contributed by atoms with Gasteiger partial charge in [0.1, 0.15) is 11.7 Å². The Kier molecular flexibility index (Phi) is 9.05. The quantitative estimate of drug-likeness (QED) is 0.0539. The normalized spacial score (nSPS) is 15.0. The second-order valence-electron chi connectivity index (χ2n) is 12.4. The van der Waals surface area contributed by atoms with Crippen LogP contribution < -0.4 is 16.4 Å². The van der Waals surface area contributed by atoms with Gasteiger partial charge in [-0.05, 0) is 80.2 Å². The first-order valence-corrected chi connectivity index (χ1v) is 16.9. The van der Waals surface area contributed by atoms with Crippen molar-refractivity contribution in [2.24, 2.45) is 10.7 Å². The summed E-state index contributed by atoms with van der Waals surface area (Å²) in [5, 5.41) is 7.99. The fourth-order valence-electron chi connectivity index (χ4n) is 6.68. The lowest BCUT2D eigenvalue weighted by Crippen LogP contribution is -2.29. The van der Waals surface area contributed by atoms with Gasteiger partial charge in [-0.1, -0.05) is 56.0 Å². The second-order valence-corrected chi connectivity index (χ2v) is 12.4. The summed E-state index contributed by atoms with van der Waals surface area (Å²) in [6.07, 6.45) is 8.84. The molecule has 1 aliphatic heterocycles. The van der Waals surface area contributed by atoms with E-state index in [0.29, 0.717) is 18.1 Å². The minimum atomic E-state index is 0.286. The highest BCUT2D eigenvalue weighted by atomic mass is 15.0. The van der Waals surface area contributed by atoms with Crippen LogP contribution in [0.15, 0.2) is 97.0 Å². The van der Waals surface area contributed by atoms with E-state index in [-0.39, 0.29) is 6.04 Å². The Morgan fingerprint density at radius 1 is 0.979 bits per heavy atom. The summed E-state index contributed by atoms with van der Waals surface area (Å²) in [5.74, 6) is 1.54. The highest BCUT2D eigenvalue weighted by Crippen LogP contribution is 2.39. The molecule has 3 aromatic heterocycles. The van der Waals surface area contributed by atoms with Crippen molar-refractivity contribution in [2.75, 3.05) is 19.6 Å². The fraction of sp³-hybridized carbons (Fsp3) is 0.256. The number of aliphatic imine (C=N–C) groups is 1. The van der Waals surface area contributed by atoms with Crippen LogP contribution in [0.5, 0.6) is 0 Å². The van der Waals surface area contributed by atoms with E-state index in [4.69, 9.17) is 10.7 Å². The molecule has 0 radical (unpaired) electrons. The van der Waals surface area contributed by atoms with Crippen LogP contribution in [0.3, 0.4) is 0 Å². The second kappa shape index (κ2) is 13.9. The third-order valence-corrected chi connectivity index (χ3v) is 9.16. The molecule has 1 saturated heterocycles. The van der Waals surface area contributed by atoms with Gasteiger partial charge in [0, 0.05) is 39.8 Å². The molecule has 0 aliphatic carbocycles. The summed E-state index contributed by atoms with van der Waals surface area (Å²) in [7, 11) is 0. The lowest BCUT2D eigenvalue weighted by molar-refractivity contribution is 0.613. The molecule has 7 rings (SSSR count). The number of nitrogens with zero attached hydrogens (tertiary/aromatic N) is 4. The number of benzene rings is 3. The van der Waals surface area contributed by atoms with E-state index in [1.54, 1.807) is 6.33 Å². The molecule has 1 atom stereocenters. The first kappa shape index (κ1) is 31.4. The molecule has 9 heteroatoms. The lowest BCUT2D eigenvalue weighted by Gasteiger charge is -2.15. The van der Waals surface area contributed by atoms with Crippen LogP contribution in [0, 0.1) is 0 Å². The molecule has 0 bridgehead atoms. The number of aryl methyl sites for hydroxylation is 1. The van der Waals surface area contributed by atoms with Gasteiger partial charge in [0.25, 0.3) is 0 Å². The number of H-pyrrole nitrogens is 2. The summed E-state index contributed by atoms with van der Waals surface area (Å²) in [4.78, 5) is 20.4. The molecular weight excluding hydrogens is 594 g/mol. The van der Waals surface area contributed by atoms with E-state index in [1.165, 1.54) is 6.42 Å². The van der Waals surface area contributed by atoms with Crippen LogP contribution >= 0.6 is 0 Å². The van der Waals surface area contributed by atoms with Crippen LogP contribution in [-0.4, -0.2) is 50.0 Å². The molecule has 4 heterocycles. The zero-order chi connectivity index (χ0) is 33.0. The zero-order valence-electron chi connectivity index (χ0n) is 27.7. The van der Waals surface area contributed by atoms with Crippen molar-refractivity contribution in [1.29, 1.82) is 0 Å². The summed E-state index contributed by atoms with van der Waals surface area (Å²) in [5.41, 5.74) is 17.8. The topological polar surface area (TPSA) is 125 Å². The maximum atomic E-state index is 6.20. The van der Waals surface area contributed by atoms with Crippen molar-refractivity contribution in [3.05, 3.63) is 103 Å². The lowest BCUT2D eigenvalue weighted by atomic mass is 9.93. The molecule has 48 heavy (non-hydrogen) atoms. The van der Waals surface area contributed by atoms with E-state index in [2.05, 4.69) is 122 Å². The Labute approximate surface area is 281 Å². The predicted molar refractivity (Wildman–Crippen MR) is 197 cm³/mol. The van der Waals surface area contributed by atoms with Crippen molar-refractivity contribution in [2.45, 2.75) is 45.7 Å². The van der Waals surface area contributed by atoms with Gasteiger partial charge in [-0.3, -0.25) is 0 Å². The third kappa shape index (κ3) is 6.34. The summed E-state index contributed by atoms with van der Waals surface area (Å²) < 4.78 is 2.38. The van der Waals surface area contributed by atoms with Crippen molar-refractivity contribution >= 4 is 22.4 Å². The summed E-state index contributed by atoms with van der Waals surface area (Å²) >= 11 is 0. The van der Waals surface area contributed by atoms with Gasteiger partial charge in [-0.2, -0.15) is 0 Å². The predicted octanol–water partition coefficient (Wildman–Crippen LogP) is 7.53. The first-order chi connectivity index (χ1) is 23.5. The van der Waals surface area contributed by atoms with Crippen molar-refractivity contribution < 1.29 is 0 Å². The number of rotatable bonds is 12. The van der Waals surface area contributed by atoms with Crippen molar-refractivity contribution in [1.82, 2.24) is 35.1 Å². The van der Waals surface area contributed by atoms with Crippen LogP contribution in [0.1, 0.15) is 50.5 Å². The van der Waals surface area contributed by atoms with Gasteiger partial charge in [-0.25, -0.2) is 15.0 Å². The van der Waals surface area contributed by atoms with Gasteiger partial charge < -0.3 is 30.9 Å². The van der Waals surface area contributed by atoms with E-state index < -0.39 is 0 Å². The van der Waals surface area contributed by atoms with Gasteiger partial charge in [0.05, 0.1) is 48.4 Å². The molecule has 0 saturated carbocycles. The maximum Gasteiger partial charge on any atom is 0.123 e. The van der Waals surface area contributed by atoms with E-state index >= 15 is 0 Å². The Balaban J connectivity index is 1.29. The highest BCUT2D eigenvalue weighted by Gasteiger charge is 2.21. The van der Waals surface area contributed by atoms with E-state index in [0.717, 1.165) is 99.7 Å². The molecule has 6 N–H and O–H groups in total. The number of hydrogen-bond donors (Lipinski definition) is 5. The highest BCUT2D eigenvalue weighted by molar-refractivity contribution is 5.95. The van der Waals surface area contributed by atoms with Crippen LogP contribution in [0.4, 0.5) is 0 Å². The Morgan fingerprint density at radius 3 is 2.56 bits per heavy atom. The number of fused-ring (bicyclic) bond motifs is 1. The van der Waals surface area contributed by atoms with Gasteiger partial charge in [0.2, 0.25) is 0 Å². The SMILES string of the molecule is C=C(N=C(N)CNCCC)c1ccc2c(c1)cc(-c1ccc(-c3cnc(C4CCCN4)[nH]3)cc1-c1ccc(-c3cnc[nH]3)cc1)n2CC. The number of hydrogen-bond acceptors (Lipinski definition) is 5. The molecule has 1 fully saturated rings. The summed E-state index contributed by atoms with van der Waals surface area (Å²) in [6.45, 7) is 11.9. The Morgan fingerprint density at radius 2 is 1.81 bits per heavy atom. The van der Waals surface area contributed by atoms with Crippen LogP contribution in [0.25, 0.3) is 61.5 Å². The number of aromatic amines is 2. The first-order valence-electron chi connectivity index (χ1n) is 16.9. The van der Waals surface area contributed by atoms with Crippen molar-refractivity contribution in [3.63, 3.8) is 0 Å². The zero-order valence-corrected chi connectivity index (χ0v) is 27.7. The average Bonchev–Trinajstić information content (AvgIpc) is 3.95. The molecule has 1 aliphatic rings. The van der Waals surface area contributed by atoms with Crippen LogP contribution in [-0.2, 0) is 6.54 Å². The molecule has 9 nitrogen and oxygen atoms in total. The number of imidazole rings is 2. The maximum absolute atomic E-state index is 6.20. The molecule has 1 unspecified atom stereocenters. The van der Waals surface area contributed by atoms with E-state index in [1.807, 2.05) is 12.4 Å². The average molecular weight is 638 g/mol. The fourth-order valence-corrected chi connectivity index (χ4v) is 6.68. The largest absolute Gasteiger partial charge is 0.386 e. The Hall–Kier alpha value is -5.25. The van der Waals surface area contributed by atoms with Crippen molar-refractivity contribution in [3.8, 4) is 44.9 Å². The molecule has 0 amide bonds. The minimum Gasteiger partial charge on any atom is -0.386 e. The number of amidine groups is 1. The Bertz CT molecular complexity index is 2060. The smallest absolute Gasteiger partial charge is 0.123 e. The van der Waals surface area contributed by atoms with Gasteiger partial charge in [-0.15, -0.1) is 0 Å². The molecular formula is C39H43N9. The molecule has 0 spiro atoms. The molecule has 6 aromatic rings. The van der Waals surface area contributed by atoms with Gasteiger partial charge in [0.15, 0.2) is 0 Å². The molecule has 3 aromatic carbocycles. The summed E-state index contributed by atoms with van der Waals surface area (Å²) in [6, 6.07) is 24.4. The number of nitrogens with two attached hydrogens (primary N) is 1. The van der Waals surface area contributed by atoms with E-state index in [9.17, 15) is 0 Å². The third-order valence-electron chi connectivity index (χ3n) is 9.16. The monoisotopic (exact) mass is 637 g/mol.